The molecule has 0 bridgehead atoms. The van der Waals surface area contributed by atoms with Gasteiger partial charge in [-0.15, -0.1) is 0 Å². The lowest BCUT2D eigenvalue weighted by Gasteiger charge is -2.64. The number of rotatable bonds is 6. The van der Waals surface area contributed by atoms with Gasteiger partial charge in [0.2, 0.25) is 6.29 Å². The second-order valence-corrected chi connectivity index (χ2v) is 18.3. The highest BCUT2D eigenvalue weighted by atomic mass is 16.8. The van der Waals surface area contributed by atoms with Crippen LogP contribution in [0.3, 0.4) is 0 Å². The molecule has 19 atom stereocenters. The van der Waals surface area contributed by atoms with Crippen molar-refractivity contribution < 1.29 is 59.5 Å². The van der Waals surface area contributed by atoms with Gasteiger partial charge in [0.25, 0.3) is 0 Å². The fourth-order valence-corrected chi connectivity index (χ4v) is 13.5. The zero-order chi connectivity index (χ0) is 35.9. The molecule has 2 heterocycles. The number of hydrogen-bond acceptors (Lipinski definition) is 12. The summed E-state index contributed by atoms with van der Waals surface area (Å²) in [5, 5.41) is 75.5. The molecule has 0 radical (unpaired) electrons. The van der Waals surface area contributed by atoms with Crippen molar-refractivity contribution in [2.24, 2.45) is 56.7 Å². The molecule has 2 saturated heterocycles. The number of aliphatic hydroxyl groups excluding tert-OH is 6. The molecule has 2 spiro atoms. The summed E-state index contributed by atoms with van der Waals surface area (Å²) < 4.78 is 22.8. The number of carbonyl (C=O) groups excluding carboxylic acids is 1. The van der Waals surface area contributed by atoms with Gasteiger partial charge in [0.1, 0.15) is 23.9 Å². The lowest BCUT2D eigenvalue weighted by Crippen LogP contribution is -2.65. The molecular weight excluding hydrogens is 636 g/mol. The van der Waals surface area contributed by atoms with Crippen molar-refractivity contribution in [3.63, 3.8) is 0 Å². The SMILES string of the molecule is CO[C@@H]1O[C@H]([C@@H](C)[C@H]2CC[C@@]3(C)[C@@H]4CC[C@H]5[C@](C)(C(=O)O[C@H]6O[C@@H](O)[C@H](O)[C@@H](O)[C@@H]6O)[C@@H](O)C[C@H](O)[C@@]56C[C@@]46CC[C@]23C)C[C@]1(O)C(C)C. The van der Waals surface area contributed by atoms with E-state index in [0.29, 0.717) is 24.7 Å². The van der Waals surface area contributed by atoms with E-state index in [9.17, 15) is 40.5 Å². The third-order valence-electron chi connectivity index (χ3n) is 16.7. The predicted octanol–water partition coefficient (Wildman–Crippen LogP) is 1.82. The normalized spacial score (nSPS) is 58.7. The van der Waals surface area contributed by atoms with Gasteiger partial charge in [0.15, 0.2) is 12.6 Å². The first-order valence-electron chi connectivity index (χ1n) is 18.7. The summed E-state index contributed by atoms with van der Waals surface area (Å²) in [5.74, 6) is -0.311. The number of esters is 1. The van der Waals surface area contributed by atoms with E-state index in [1.54, 1.807) is 14.0 Å². The molecule has 0 unspecified atom stereocenters. The molecule has 0 aromatic heterocycles. The first kappa shape index (κ1) is 36.4. The van der Waals surface area contributed by atoms with Crippen LogP contribution >= 0.6 is 0 Å². The van der Waals surface area contributed by atoms with Gasteiger partial charge in [0, 0.05) is 25.4 Å². The average molecular weight is 697 g/mol. The molecular formula is C37H60O12. The number of carbonyl (C=O) groups is 1. The topological polar surface area (TPSA) is 196 Å². The Balaban J connectivity index is 1.14. The zero-order valence-electron chi connectivity index (χ0n) is 30.1. The van der Waals surface area contributed by atoms with Gasteiger partial charge in [0.05, 0.1) is 23.7 Å². The molecule has 49 heavy (non-hydrogen) atoms. The van der Waals surface area contributed by atoms with Crippen LogP contribution in [0.4, 0.5) is 0 Å². The van der Waals surface area contributed by atoms with E-state index in [4.69, 9.17) is 18.9 Å². The van der Waals surface area contributed by atoms with E-state index in [1.807, 2.05) is 13.8 Å². The number of hydrogen-bond donors (Lipinski definition) is 7. The maximum Gasteiger partial charge on any atom is 0.317 e. The van der Waals surface area contributed by atoms with E-state index < -0.39 is 71.8 Å². The smallest absolute Gasteiger partial charge is 0.317 e. The average Bonchev–Trinajstić information content (AvgIpc) is 3.51. The van der Waals surface area contributed by atoms with Gasteiger partial charge < -0.3 is 54.7 Å². The monoisotopic (exact) mass is 696 g/mol. The Bertz CT molecular complexity index is 1310. The van der Waals surface area contributed by atoms with Crippen molar-refractivity contribution in [2.75, 3.05) is 7.11 Å². The van der Waals surface area contributed by atoms with Gasteiger partial charge in [-0.05, 0) is 97.7 Å². The summed E-state index contributed by atoms with van der Waals surface area (Å²) in [6.07, 6.45) is -4.99. The van der Waals surface area contributed by atoms with Crippen LogP contribution in [0.1, 0.15) is 99.3 Å². The van der Waals surface area contributed by atoms with Crippen LogP contribution < -0.4 is 0 Å². The second-order valence-electron chi connectivity index (χ2n) is 18.3. The molecule has 280 valence electrons. The van der Waals surface area contributed by atoms with E-state index in [2.05, 4.69) is 20.8 Å². The third kappa shape index (κ3) is 4.48. The van der Waals surface area contributed by atoms with Crippen LogP contribution in [-0.4, -0.2) is 110 Å². The van der Waals surface area contributed by atoms with Gasteiger partial charge in [-0.3, -0.25) is 4.79 Å². The molecule has 7 rings (SSSR count). The first-order valence-corrected chi connectivity index (χ1v) is 18.7. The standard InChI is InChI=1S/C37H60O12/c1-17(2)37(45)15-20(47-31(37)46-7)18(3)19-10-11-33(5)21-8-9-22-34(6,30(44)49-29-27(42)25(40)26(41)28(43)48-29)23(38)14-24(39)36(22)16-35(21,36)13-12-32(19,33)4/h17-29,31,38-43,45H,8-16H2,1-7H3/t18-,19+,20-,21-,22-,23-,24-,25+,26+,27-,28+,29+,31+,32+,33-,34-,35-,36+,37-/m0/s1. The highest BCUT2D eigenvalue weighted by molar-refractivity contribution is 5.78. The molecule has 2 aliphatic heterocycles. The number of aliphatic hydroxyl groups is 7. The molecule has 12 heteroatoms. The molecule has 12 nitrogen and oxygen atoms in total. The fraction of sp³-hybridized carbons (Fsp3) is 0.973. The molecule has 0 aromatic carbocycles. The lowest BCUT2D eigenvalue weighted by atomic mass is 9.41. The second kappa shape index (κ2) is 11.5. The van der Waals surface area contributed by atoms with Crippen molar-refractivity contribution in [2.45, 2.75) is 160 Å². The lowest BCUT2D eigenvalue weighted by molar-refractivity contribution is -0.335. The molecule has 5 saturated carbocycles. The van der Waals surface area contributed by atoms with Gasteiger partial charge in [-0.2, -0.15) is 0 Å². The van der Waals surface area contributed by atoms with Crippen molar-refractivity contribution >= 4 is 5.97 Å². The number of fused-ring (bicyclic) bond motifs is 2. The molecule has 7 fully saturated rings. The molecule has 7 aliphatic rings. The maximum absolute atomic E-state index is 14.1. The minimum Gasteiger partial charge on any atom is -0.432 e. The zero-order valence-corrected chi connectivity index (χ0v) is 30.1. The van der Waals surface area contributed by atoms with Crippen LogP contribution in [0.5, 0.6) is 0 Å². The van der Waals surface area contributed by atoms with E-state index in [-0.39, 0.29) is 46.5 Å². The summed E-state index contributed by atoms with van der Waals surface area (Å²) in [5.41, 5.74) is -3.25. The van der Waals surface area contributed by atoms with Crippen LogP contribution in [0.2, 0.25) is 0 Å². The first-order chi connectivity index (χ1) is 22.8. The Labute approximate surface area is 289 Å². The van der Waals surface area contributed by atoms with Crippen molar-refractivity contribution in [3.05, 3.63) is 0 Å². The van der Waals surface area contributed by atoms with Crippen molar-refractivity contribution in [3.8, 4) is 0 Å². The predicted molar refractivity (Wildman–Crippen MR) is 173 cm³/mol. The Morgan fingerprint density at radius 2 is 1.49 bits per heavy atom. The Morgan fingerprint density at radius 3 is 2.12 bits per heavy atom. The third-order valence-corrected chi connectivity index (χ3v) is 16.7. The fourth-order valence-electron chi connectivity index (χ4n) is 13.5. The molecule has 5 aliphatic carbocycles. The molecule has 0 amide bonds. The highest BCUT2D eigenvalue weighted by Crippen LogP contribution is 2.89. The van der Waals surface area contributed by atoms with Crippen LogP contribution in [-0.2, 0) is 23.7 Å². The van der Waals surface area contributed by atoms with Crippen LogP contribution in [0, 0.1) is 56.7 Å². The molecule has 7 N–H and O–H groups in total. The van der Waals surface area contributed by atoms with Crippen molar-refractivity contribution in [1.29, 1.82) is 0 Å². The van der Waals surface area contributed by atoms with Gasteiger partial charge >= 0.3 is 5.97 Å². The van der Waals surface area contributed by atoms with E-state index in [1.165, 1.54) is 0 Å². The van der Waals surface area contributed by atoms with E-state index >= 15 is 0 Å². The van der Waals surface area contributed by atoms with Crippen LogP contribution in [0.15, 0.2) is 0 Å². The van der Waals surface area contributed by atoms with Gasteiger partial charge in [-0.1, -0.05) is 34.6 Å². The minimum atomic E-state index is -1.87. The summed E-state index contributed by atoms with van der Waals surface area (Å²) in [7, 11) is 1.60. The largest absolute Gasteiger partial charge is 0.432 e. The quantitative estimate of drug-likeness (QED) is 0.200. The van der Waals surface area contributed by atoms with Crippen LogP contribution in [0.25, 0.3) is 0 Å². The Morgan fingerprint density at radius 1 is 0.816 bits per heavy atom. The Hall–Kier alpha value is -0.930. The van der Waals surface area contributed by atoms with E-state index in [0.717, 1.165) is 38.5 Å². The maximum atomic E-state index is 14.1. The minimum absolute atomic E-state index is 0.00543. The Kier molecular flexibility index (Phi) is 8.57. The highest BCUT2D eigenvalue weighted by Gasteiger charge is 2.86. The molecule has 0 aromatic rings. The summed E-state index contributed by atoms with van der Waals surface area (Å²) in [6, 6.07) is 0. The number of methoxy groups -OCH3 is 1. The summed E-state index contributed by atoms with van der Waals surface area (Å²) in [4.78, 5) is 14.1. The van der Waals surface area contributed by atoms with Gasteiger partial charge in [-0.25, -0.2) is 0 Å². The summed E-state index contributed by atoms with van der Waals surface area (Å²) >= 11 is 0. The summed E-state index contributed by atoms with van der Waals surface area (Å²) in [6.45, 7) is 12.9. The number of ether oxygens (including phenoxy) is 4. The van der Waals surface area contributed by atoms with Crippen molar-refractivity contribution in [1.82, 2.24) is 0 Å².